The molecule has 2 aromatic carbocycles. The van der Waals surface area contributed by atoms with E-state index in [1.54, 1.807) is 12.1 Å². The highest BCUT2D eigenvalue weighted by molar-refractivity contribution is 7.99. The molecule has 0 spiro atoms. The number of carbonyl (C=O) groups excluding carboxylic acids is 1. The number of nitrogens with one attached hydrogen (secondary N) is 1. The van der Waals surface area contributed by atoms with Gasteiger partial charge in [-0.3, -0.25) is 18.6 Å². The van der Waals surface area contributed by atoms with Crippen LogP contribution in [0.2, 0.25) is 0 Å². The number of thioether (sulfide) groups is 1. The average molecular weight is 477 g/mol. The summed E-state index contributed by atoms with van der Waals surface area (Å²) in [6.07, 6.45) is 1.65. The quantitative estimate of drug-likeness (QED) is 0.288. The van der Waals surface area contributed by atoms with E-state index in [1.807, 2.05) is 46.9 Å². The van der Waals surface area contributed by atoms with E-state index >= 15 is 0 Å². The van der Waals surface area contributed by atoms with Crippen molar-refractivity contribution in [1.29, 1.82) is 0 Å². The zero-order valence-corrected chi connectivity index (χ0v) is 20.4. The van der Waals surface area contributed by atoms with Gasteiger partial charge in [0.2, 0.25) is 11.7 Å². The third-order valence-electron chi connectivity index (χ3n) is 5.57. The lowest BCUT2D eigenvalue weighted by molar-refractivity contribution is -0.113. The molecule has 0 aliphatic heterocycles. The Labute approximate surface area is 202 Å². The maximum atomic E-state index is 12.9. The summed E-state index contributed by atoms with van der Waals surface area (Å²) in [6.45, 7) is 11.4. The van der Waals surface area contributed by atoms with Gasteiger partial charge in [0, 0.05) is 30.5 Å². The van der Waals surface area contributed by atoms with Crippen LogP contribution in [0.1, 0.15) is 20.8 Å². The van der Waals surface area contributed by atoms with Gasteiger partial charge in [-0.25, -0.2) is 0 Å². The molecule has 1 amide bonds. The van der Waals surface area contributed by atoms with Gasteiger partial charge in [-0.1, -0.05) is 30.0 Å². The van der Waals surface area contributed by atoms with Crippen molar-refractivity contribution < 1.29 is 4.79 Å². The van der Waals surface area contributed by atoms with Crippen LogP contribution in [0, 0.1) is 0 Å². The Morgan fingerprint density at radius 2 is 1.91 bits per heavy atom. The van der Waals surface area contributed by atoms with Crippen LogP contribution in [0.4, 0.5) is 11.4 Å². The van der Waals surface area contributed by atoms with E-state index in [9.17, 15) is 9.59 Å². The van der Waals surface area contributed by atoms with Crippen molar-refractivity contribution in [2.45, 2.75) is 38.5 Å². The van der Waals surface area contributed by atoms with Gasteiger partial charge in [0.1, 0.15) is 0 Å². The molecule has 0 aliphatic rings. The second-order valence-corrected chi connectivity index (χ2v) is 9.05. The van der Waals surface area contributed by atoms with Crippen molar-refractivity contribution in [3.63, 3.8) is 0 Å². The summed E-state index contributed by atoms with van der Waals surface area (Å²) in [4.78, 5) is 27.8. The molecule has 0 radical (unpaired) electrons. The normalized spacial score (nSPS) is 11.3. The first-order chi connectivity index (χ1) is 16.4. The van der Waals surface area contributed by atoms with Crippen LogP contribution >= 0.6 is 11.8 Å². The molecule has 0 saturated carbocycles. The summed E-state index contributed by atoms with van der Waals surface area (Å²) in [7, 11) is 0. The first-order valence-corrected chi connectivity index (χ1v) is 12.2. The van der Waals surface area contributed by atoms with Gasteiger partial charge < -0.3 is 10.2 Å². The highest BCUT2D eigenvalue weighted by Crippen LogP contribution is 2.23. The summed E-state index contributed by atoms with van der Waals surface area (Å²) in [6, 6.07) is 15.6. The Kier molecular flexibility index (Phi) is 7.02. The SMILES string of the molecule is C=CCn1c(=O)c2ccccc2n2c(SCC(=O)Nc3ccc(N(CC)C(C)C)cc3)nnc12. The van der Waals surface area contributed by atoms with Crippen molar-refractivity contribution >= 4 is 45.7 Å². The van der Waals surface area contributed by atoms with Crippen LogP contribution in [0.5, 0.6) is 0 Å². The number of nitrogens with zero attached hydrogens (tertiary/aromatic N) is 5. The third kappa shape index (κ3) is 4.56. The Bertz CT molecular complexity index is 1390. The molecule has 9 heteroatoms. The fourth-order valence-electron chi connectivity index (χ4n) is 4.03. The third-order valence-corrected chi connectivity index (χ3v) is 6.50. The molecular formula is C25H28N6O2S. The highest BCUT2D eigenvalue weighted by Gasteiger charge is 2.17. The number of hydrogen-bond donors (Lipinski definition) is 1. The van der Waals surface area contributed by atoms with Gasteiger partial charge in [-0.15, -0.1) is 16.8 Å². The van der Waals surface area contributed by atoms with Crippen LogP contribution in [0.3, 0.4) is 0 Å². The summed E-state index contributed by atoms with van der Waals surface area (Å²) in [5.41, 5.74) is 2.42. The molecular weight excluding hydrogens is 448 g/mol. The monoisotopic (exact) mass is 476 g/mol. The number of allylic oxidation sites excluding steroid dienone is 1. The molecule has 1 N–H and O–H groups in total. The van der Waals surface area contributed by atoms with Crippen LogP contribution in [-0.2, 0) is 11.3 Å². The minimum absolute atomic E-state index is 0.144. The number of amides is 1. The lowest BCUT2D eigenvalue weighted by Crippen LogP contribution is -2.30. The fraction of sp³-hybridized carbons (Fsp3) is 0.280. The van der Waals surface area contributed by atoms with Gasteiger partial charge >= 0.3 is 0 Å². The number of benzene rings is 2. The van der Waals surface area contributed by atoms with Crippen molar-refractivity contribution in [1.82, 2.24) is 19.2 Å². The molecule has 4 rings (SSSR count). The molecule has 8 nitrogen and oxygen atoms in total. The number of anilines is 2. The molecule has 0 aliphatic carbocycles. The smallest absolute Gasteiger partial charge is 0.263 e. The average Bonchev–Trinajstić information content (AvgIpc) is 3.26. The van der Waals surface area contributed by atoms with Crippen LogP contribution in [-0.4, -0.2) is 43.4 Å². The Morgan fingerprint density at radius 3 is 2.59 bits per heavy atom. The number of rotatable bonds is 9. The van der Waals surface area contributed by atoms with E-state index in [0.29, 0.717) is 34.4 Å². The topological polar surface area (TPSA) is 84.5 Å². The zero-order chi connectivity index (χ0) is 24.2. The number of para-hydroxylation sites is 1. The van der Waals surface area contributed by atoms with Gasteiger partial charge in [-0.05, 0) is 57.2 Å². The molecule has 176 valence electrons. The molecule has 0 bridgehead atoms. The largest absolute Gasteiger partial charge is 0.369 e. The standard InChI is InChI=1S/C25H28N6O2S/c1-5-15-30-23(33)20-9-7-8-10-21(20)31-24(30)27-28-25(31)34-16-22(32)26-18-11-13-19(14-12-18)29(6-2)17(3)4/h5,7-14,17H,1,6,15-16H2,2-4H3,(H,26,32). The number of hydrogen-bond acceptors (Lipinski definition) is 6. The molecule has 2 aromatic heterocycles. The molecule has 2 heterocycles. The van der Waals surface area contributed by atoms with Gasteiger partial charge in [0.25, 0.3) is 5.56 Å². The van der Waals surface area contributed by atoms with E-state index in [0.717, 1.165) is 17.9 Å². The molecule has 34 heavy (non-hydrogen) atoms. The number of carbonyl (C=O) groups is 1. The Morgan fingerprint density at radius 1 is 1.18 bits per heavy atom. The van der Waals surface area contributed by atoms with Crippen molar-refractivity contribution in [2.24, 2.45) is 0 Å². The van der Waals surface area contributed by atoms with E-state index in [-0.39, 0.29) is 17.2 Å². The molecule has 0 fully saturated rings. The maximum absolute atomic E-state index is 12.9. The number of fused-ring (bicyclic) bond motifs is 3. The van der Waals surface area contributed by atoms with Gasteiger partial charge in [-0.2, -0.15) is 0 Å². The Balaban J connectivity index is 1.53. The minimum atomic E-state index is -0.146. The minimum Gasteiger partial charge on any atom is -0.369 e. The van der Waals surface area contributed by atoms with Crippen molar-refractivity contribution in [3.05, 3.63) is 71.5 Å². The lowest BCUT2D eigenvalue weighted by atomic mass is 10.2. The summed E-state index contributed by atoms with van der Waals surface area (Å²) in [5.74, 6) is 0.437. The predicted octanol–water partition coefficient (Wildman–Crippen LogP) is 4.20. The fourth-order valence-corrected chi connectivity index (χ4v) is 4.77. The maximum Gasteiger partial charge on any atom is 0.263 e. The van der Waals surface area contributed by atoms with Gasteiger partial charge in [0.05, 0.1) is 16.7 Å². The summed E-state index contributed by atoms with van der Waals surface area (Å²) < 4.78 is 3.35. The molecule has 0 unspecified atom stereocenters. The van der Waals surface area contributed by atoms with Crippen LogP contribution < -0.4 is 15.8 Å². The predicted molar refractivity (Wildman–Crippen MR) is 139 cm³/mol. The summed E-state index contributed by atoms with van der Waals surface area (Å²) in [5, 5.41) is 12.5. The first kappa shape index (κ1) is 23.6. The zero-order valence-electron chi connectivity index (χ0n) is 19.6. The number of aromatic nitrogens is 4. The lowest BCUT2D eigenvalue weighted by Gasteiger charge is -2.27. The molecule has 4 aromatic rings. The van der Waals surface area contributed by atoms with E-state index in [1.165, 1.54) is 16.3 Å². The second-order valence-electron chi connectivity index (χ2n) is 8.10. The van der Waals surface area contributed by atoms with Crippen LogP contribution in [0.25, 0.3) is 16.7 Å². The van der Waals surface area contributed by atoms with E-state index in [2.05, 4.69) is 47.8 Å². The van der Waals surface area contributed by atoms with Crippen LogP contribution in [0.15, 0.2) is 71.1 Å². The van der Waals surface area contributed by atoms with Gasteiger partial charge in [0.15, 0.2) is 5.16 Å². The van der Waals surface area contributed by atoms with E-state index in [4.69, 9.17) is 0 Å². The van der Waals surface area contributed by atoms with E-state index < -0.39 is 0 Å². The van der Waals surface area contributed by atoms with Crippen molar-refractivity contribution in [3.8, 4) is 0 Å². The summed E-state index contributed by atoms with van der Waals surface area (Å²) >= 11 is 1.27. The Hall–Kier alpha value is -3.59. The molecule has 0 atom stereocenters. The molecule has 0 saturated heterocycles. The first-order valence-electron chi connectivity index (χ1n) is 11.2. The highest BCUT2D eigenvalue weighted by atomic mass is 32.2. The van der Waals surface area contributed by atoms with Crippen molar-refractivity contribution in [2.75, 3.05) is 22.5 Å². The second kappa shape index (κ2) is 10.1.